The fourth-order valence-corrected chi connectivity index (χ4v) is 3.94. The van der Waals surface area contributed by atoms with Gasteiger partial charge in [0.2, 0.25) is 5.91 Å². The molecule has 0 spiro atoms. The Morgan fingerprint density at radius 3 is 2.92 bits per heavy atom. The van der Waals surface area contributed by atoms with Gasteiger partial charge in [-0.3, -0.25) is 9.78 Å². The van der Waals surface area contributed by atoms with Gasteiger partial charge >= 0.3 is 0 Å². The molecular weight excluding hydrogens is 354 g/mol. The highest BCUT2D eigenvalue weighted by atomic mass is 32.2. The van der Waals surface area contributed by atoms with Gasteiger partial charge in [0.25, 0.3) is 0 Å². The lowest BCUT2D eigenvalue weighted by molar-refractivity contribution is -0.118. The topological polar surface area (TPSA) is 93.3 Å². The standard InChI is InChI=1S/C17H17N5OS2/c1-10(15-11(2)22-25-17(15)18)20-21-14(23)9-24-13-7-3-5-12-6-4-8-19-16(12)13/h3-8H,9,18H2,1-2H3,(H,21,23)/b20-10-. The quantitative estimate of drug-likeness (QED) is 0.408. The molecule has 3 aromatic rings. The predicted molar refractivity (Wildman–Crippen MR) is 104 cm³/mol. The Balaban J connectivity index is 1.64. The van der Waals surface area contributed by atoms with Gasteiger partial charge in [0.05, 0.1) is 28.2 Å². The minimum absolute atomic E-state index is 0.184. The maximum atomic E-state index is 12.1. The van der Waals surface area contributed by atoms with Gasteiger partial charge < -0.3 is 5.73 Å². The molecule has 0 aliphatic carbocycles. The van der Waals surface area contributed by atoms with Crippen molar-refractivity contribution in [3.63, 3.8) is 0 Å². The molecule has 3 N–H and O–H groups in total. The van der Waals surface area contributed by atoms with Crippen molar-refractivity contribution in [1.29, 1.82) is 0 Å². The molecule has 0 bridgehead atoms. The minimum Gasteiger partial charge on any atom is -0.389 e. The number of rotatable bonds is 5. The lowest BCUT2D eigenvalue weighted by atomic mass is 10.2. The summed E-state index contributed by atoms with van der Waals surface area (Å²) in [6, 6.07) is 9.82. The molecule has 0 saturated heterocycles. The molecule has 0 fully saturated rings. The highest BCUT2D eigenvalue weighted by Crippen LogP contribution is 2.26. The van der Waals surface area contributed by atoms with E-state index in [0.717, 1.165) is 27.1 Å². The molecule has 8 heteroatoms. The molecule has 0 atom stereocenters. The number of carbonyl (C=O) groups is 1. The number of fused-ring (bicyclic) bond motifs is 1. The van der Waals surface area contributed by atoms with E-state index in [0.29, 0.717) is 10.7 Å². The second kappa shape index (κ2) is 7.62. The second-order valence-corrected chi connectivity index (χ2v) is 7.18. The van der Waals surface area contributed by atoms with Gasteiger partial charge in [-0.1, -0.05) is 18.2 Å². The van der Waals surface area contributed by atoms with Crippen LogP contribution < -0.4 is 11.2 Å². The van der Waals surface area contributed by atoms with Gasteiger partial charge in [-0.05, 0) is 37.5 Å². The van der Waals surface area contributed by atoms with Crippen LogP contribution in [0.3, 0.4) is 0 Å². The van der Waals surface area contributed by atoms with E-state index in [9.17, 15) is 4.79 Å². The monoisotopic (exact) mass is 371 g/mol. The number of hydrogen-bond donors (Lipinski definition) is 2. The summed E-state index contributed by atoms with van der Waals surface area (Å²) in [6.07, 6.45) is 1.75. The van der Waals surface area contributed by atoms with Crippen LogP contribution in [0.2, 0.25) is 0 Å². The number of nitrogens with one attached hydrogen (secondary N) is 1. The summed E-state index contributed by atoms with van der Waals surface area (Å²) >= 11 is 2.66. The maximum absolute atomic E-state index is 12.1. The maximum Gasteiger partial charge on any atom is 0.250 e. The Kier molecular flexibility index (Phi) is 5.30. The van der Waals surface area contributed by atoms with Crippen molar-refractivity contribution < 1.29 is 4.79 Å². The normalized spacial score (nSPS) is 11.7. The van der Waals surface area contributed by atoms with Gasteiger partial charge in [-0.25, -0.2) is 5.43 Å². The third kappa shape index (κ3) is 3.97. The number of nitrogen functional groups attached to an aromatic ring is 1. The molecule has 1 aromatic carbocycles. The first kappa shape index (κ1) is 17.4. The molecule has 2 aromatic heterocycles. The highest BCUT2D eigenvalue weighted by Gasteiger charge is 2.11. The second-order valence-electron chi connectivity index (χ2n) is 5.36. The van der Waals surface area contributed by atoms with Crippen molar-refractivity contribution in [2.45, 2.75) is 18.7 Å². The number of amides is 1. The Morgan fingerprint density at radius 2 is 2.16 bits per heavy atom. The number of pyridine rings is 1. The van der Waals surface area contributed by atoms with Crippen LogP contribution in [0.1, 0.15) is 18.2 Å². The van der Waals surface area contributed by atoms with Crippen LogP contribution in [0.15, 0.2) is 46.5 Å². The lowest BCUT2D eigenvalue weighted by Gasteiger charge is -2.05. The molecule has 0 radical (unpaired) electrons. The third-order valence-corrected chi connectivity index (χ3v) is 5.37. The van der Waals surface area contributed by atoms with Crippen molar-refractivity contribution >= 4 is 50.8 Å². The van der Waals surface area contributed by atoms with Gasteiger partial charge in [-0.15, -0.1) is 11.8 Å². The number of benzene rings is 1. The number of carbonyl (C=O) groups excluding carboxylic acids is 1. The predicted octanol–water partition coefficient (Wildman–Crippen LogP) is 3.21. The van der Waals surface area contributed by atoms with Gasteiger partial charge in [-0.2, -0.15) is 9.47 Å². The lowest BCUT2D eigenvalue weighted by Crippen LogP contribution is -2.21. The van der Waals surface area contributed by atoms with Crippen LogP contribution in [0.25, 0.3) is 10.9 Å². The Morgan fingerprint density at radius 1 is 1.36 bits per heavy atom. The number of nitrogens with two attached hydrogens (primary N) is 1. The SMILES string of the molecule is C/C(=N/NC(=O)CSc1cccc2cccnc12)c1c(C)nsc1N. The van der Waals surface area contributed by atoms with E-state index in [1.54, 1.807) is 13.1 Å². The number of nitrogens with zero attached hydrogens (tertiary/aromatic N) is 3. The van der Waals surface area contributed by atoms with E-state index < -0.39 is 0 Å². The van der Waals surface area contributed by atoms with Crippen molar-refractivity contribution in [3.05, 3.63) is 47.8 Å². The van der Waals surface area contributed by atoms with Crippen LogP contribution in [0.5, 0.6) is 0 Å². The van der Waals surface area contributed by atoms with Crippen LogP contribution >= 0.6 is 23.3 Å². The largest absolute Gasteiger partial charge is 0.389 e. The van der Waals surface area contributed by atoms with E-state index in [2.05, 4.69) is 19.9 Å². The van der Waals surface area contributed by atoms with Gasteiger partial charge in [0.1, 0.15) is 5.00 Å². The van der Waals surface area contributed by atoms with Crippen LogP contribution in [0.4, 0.5) is 5.00 Å². The fraction of sp³-hybridized carbons (Fsp3) is 0.176. The zero-order valence-corrected chi connectivity index (χ0v) is 15.4. The first-order chi connectivity index (χ1) is 12.1. The zero-order valence-electron chi connectivity index (χ0n) is 13.8. The van der Waals surface area contributed by atoms with Crippen molar-refractivity contribution in [2.24, 2.45) is 5.10 Å². The molecule has 0 aliphatic rings. The first-order valence-corrected chi connectivity index (χ1v) is 9.34. The molecule has 0 saturated carbocycles. The zero-order chi connectivity index (χ0) is 17.8. The van der Waals surface area contributed by atoms with E-state index in [-0.39, 0.29) is 11.7 Å². The van der Waals surface area contributed by atoms with Gasteiger partial charge in [0.15, 0.2) is 0 Å². The number of para-hydroxylation sites is 1. The molecule has 1 amide bonds. The Labute approximate surface area is 153 Å². The molecule has 128 valence electrons. The molecule has 6 nitrogen and oxygen atoms in total. The van der Waals surface area contributed by atoms with Crippen LogP contribution in [-0.2, 0) is 4.79 Å². The fourth-order valence-electron chi connectivity index (χ4n) is 2.40. The van der Waals surface area contributed by atoms with Crippen LogP contribution in [-0.4, -0.2) is 26.7 Å². The number of aryl methyl sites for hydroxylation is 1. The number of hydrogen-bond acceptors (Lipinski definition) is 7. The van der Waals surface area contributed by atoms with E-state index in [4.69, 9.17) is 5.73 Å². The van der Waals surface area contributed by atoms with Crippen molar-refractivity contribution in [3.8, 4) is 0 Å². The Bertz CT molecular complexity index is 926. The molecule has 2 heterocycles. The summed E-state index contributed by atoms with van der Waals surface area (Å²) in [5.74, 6) is 0.0692. The van der Waals surface area contributed by atoms with E-state index >= 15 is 0 Å². The Hall–Kier alpha value is -2.45. The number of aromatic nitrogens is 2. The third-order valence-electron chi connectivity index (χ3n) is 3.55. The van der Waals surface area contributed by atoms with Crippen molar-refractivity contribution in [1.82, 2.24) is 14.8 Å². The summed E-state index contributed by atoms with van der Waals surface area (Å²) in [4.78, 5) is 17.4. The summed E-state index contributed by atoms with van der Waals surface area (Å²) in [6.45, 7) is 3.67. The summed E-state index contributed by atoms with van der Waals surface area (Å²) in [7, 11) is 0. The highest BCUT2D eigenvalue weighted by molar-refractivity contribution is 8.00. The molecule has 25 heavy (non-hydrogen) atoms. The molecule has 3 rings (SSSR count). The number of hydrazone groups is 1. The average Bonchev–Trinajstić information content (AvgIpc) is 2.96. The van der Waals surface area contributed by atoms with E-state index in [1.165, 1.54) is 23.3 Å². The summed E-state index contributed by atoms with van der Waals surface area (Å²) in [5.41, 5.74) is 11.6. The average molecular weight is 371 g/mol. The van der Waals surface area contributed by atoms with Crippen LogP contribution in [0, 0.1) is 6.92 Å². The molecule has 0 unspecified atom stereocenters. The smallest absolute Gasteiger partial charge is 0.250 e. The minimum atomic E-state index is -0.184. The summed E-state index contributed by atoms with van der Waals surface area (Å²) < 4.78 is 4.18. The number of thioether (sulfide) groups is 1. The first-order valence-electron chi connectivity index (χ1n) is 7.58. The number of anilines is 1. The summed E-state index contributed by atoms with van der Waals surface area (Å²) in [5, 5.41) is 5.79. The molecular formula is C17H17N5OS2. The van der Waals surface area contributed by atoms with E-state index in [1.807, 2.05) is 37.3 Å². The molecule has 0 aliphatic heterocycles. The van der Waals surface area contributed by atoms with Gasteiger partial charge in [0, 0.05) is 16.5 Å². The van der Waals surface area contributed by atoms with Crippen molar-refractivity contribution in [2.75, 3.05) is 11.5 Å².